The molecule has 1 aromatic heterocycles. The standard InChI is InChI=1S/C10H13Br2N/c1-2-3-4-5-8-6-9(11)13-10(12)7-8/h6-7H,2-5H2,1H3. The Bertz CT molecular complexity index is 253. The van der Waals surface area contributed by atoms with Crippen LogP contribution in [-0.2, 0) is 6.42 Å². The van der Waals surface area contributed by atoms with Crippen LogP contribution in [0.4, 0.5) is 0 Å². The highest BCUT2D eigenvalue weighted by Gasteiger charge is 1.98. The predicted molar refractivity (Wildman–Crippen MR) is 62.9 cm³/mol. The van der Waals surface area contributed by atoms with Crippen LogP contribution in [0.3, 0.4) is 0 Å². The van der Waals surface area contributed by atoms with E-state index in [0.717, 1.165) is 15.6 Å². The molecule has 3 heteroatoms. The Balaban J connectivity index is 2.56. The van der Waals surface area contributed by atoms with Crippen LogP contribution < -0.4 is 0 Å². The largest absolute Gasteiger partial charge is 0.234 e. The van der Waals surface area contributed by atoms with Crippen molar-refractivity contribution in [3.8, 4) is 0 Å². The molecule has 0 aliphatic heterocycles. The predicted octanol–water partition coefficient (Wildman–Crippen LogP) is 4.34. The molecule has 13 heavy (non-hydrogen) atoms. The van der Waals surface area contributed by atoms with Crippen molar-refractivity contribution in [3.63, 3.8) is 0 Å². The lowest BCUT2D eigenvalue weighted by Crippen LogP contribution is -1.88. The van der Waals surface area contributed by atoms with E-state index in [4.69, 9.17) is 0 Å². The van der Waals surface area contributed by atoms with E-state index in [0.29, 0.717) is 0 Å². The normalized spacial score (nSPS) is 10.4. The van der Waals surface area contributed by atoms with E-state index in [1.165, 1.54) is 24.8 Å². The van der Waals surface area contributed by atoms with Gasteiger partial charge in [-0.3, -0.25) is 0 Å². The summed E-state index contributed by atoms with van der Waals surface area (Å²) in [5.41, 5.74) is 1.35. The number of pyridine rings is 1. The number of halogens is 2. The SMILES string of the molecule is CCCCCc1cc(Br)nc(Br)c1. The third-order valence-electron chi connectivity index (χ3n) is 1.89. The molecule has 0 atom stereocenters. The second-order valence-electron chi connectivity index (χ2n) is 3.08. The molecule has 1 aromatic rings. The molecule has 0 bridgehead atoms. The monoisotopic (exact) mass is 305 g/mol. The van der Waals surface area contributed by atoms with E-state index in [2.05, 4.69) is 55.9 Å². The molecule has 0 radical (unpaired) electrons. The maximum absolute atomic E-state index is 4.20. The smallest absolute Gasteiger partial charge is 0.107 e. The number of hydrogen-bond acceptors (Lipinski definition) is 1. The van der Waals surface area contributed by atoms with Gasteiger partial charge in [0.25, 0.3) is 0 Å². The van der Waals surface area contributed by atoms with Gasteiger partial charge in [-0.2, -0.15) is 0 Å². The van der Waals surface area contributed by atoms with Crippen LogP contribution in [0.15, 0.2) is 21.3 Å². The molecule has 0 N–H and O–H groups in total. The van der Waals surface area contributed by atoms with Gasteiger partial charge >= 0.3 is 0 Å². The molecule has 0 spiro atoms. The van der Waals surface area contributed by atoms with Crippen molar-refractivity contribution in [1.29, 1.82) is 0 Å². The van der Waals surface area contributed by atoms with Crippen molar-refractivity contribution in [3.05, 3.63) is 26.9 Å². The van der Waals surface area contributed by atoms with Gasteiger partial charge < -0.3 is 0 Å². The first-order chi connectivity index (χ1) is 6.22. The first kappa shape index (κ1) is 11.2. The van der Waals surface area contributed by atoms with Gasteiger partial charge in [0.05, 0.1) is 0 Å². The van der Waals surface area contributed by atoms with Crippen LogP contribution in [0.1, 0.15) is 31.7 Å². The van der Waals surface area contributed by atoms with Crippen LogP contribution in [0.2, 0.25) is 0 Å². The van der Waals surface area contributed by atoms with E-state index in [1.54, 1.807) is 0 Å². The maximum atomic E-state index is 4.20. The van der Waals surface area contributed by atoms with Gasteiger partial charge in [-0.25, -0.2) is 4.98 Å². The summed E-state index contributed by atoms with van der Waals surface area (Å²) in [6.45, 7) is 2.22. The van der Waals surface area contributed by atoms with Gasteiger partial charge in [-0.1, -0.05) is 19.8 Å². The molecule has 0 saturated carbocycles. The van der Waals surface area contributed by atoms with Gasteiger partial charge in [0.2, 0.25) is 0 Å². The minimum Gasteiger partial charge on any atom is -0.234 e. The van der Waals surface area contributed by atoms with E-state index in [9.17, 15) is 0 Å². The fraction of sp³-hybridized carbons (Fsp3) is 0.500. The minimum absolute atomic E-state index is 0.911. The summed E-state index contributed by atoms with van der Waals surface area (Å²) >= 11 is 6.76. The van der Waals surface area contributed by atoms with Gasteiger partial charge in [-0.05, 0) is 62.4 Å². The maximum Gasteiger partial charge on any atom is 0.107 e. The third kappa shape index (κ3) is 4.23. The van der Waals surface area contributed by atoms with Crippen LogP contribution in [0.5, 0.6) is 0 Å². The van der Waals surface area contributed by atoms with E-state index in [-0.39, 0.29) is 0 Å². The van der Waals surface area contributed by atoms with Crippen molar-refractivity contribution < 1.29 is 0 Å². The quantitative estimate of drug-likeness (QED) is 0.595. The Morgan fingerprint density at radius 2 is 1.77 bits per heavy atom. The summed E-state index contributed by atoms with van der Waals surface area (Å²) in [5.74, 6) is 0. The molecular weight excluding hydrogens is 294 g/mol. The molecule has 0 saturated heterocycles. The van der Waals surface area contributed by atoms with Crippen LogP contribution in [0.25, 0.3) is 0 Å². The highest BCUT2D eigenvalue weighted by atomic mass is 79.9. The van der Waals surface area contributed by atoms with Gasteiger partial charge in [-0.15, -0.1) is 0 Å². The first-order valence-corrected chi connectivity index (χ1v) is 6.13. The highest BCUT2D eigenvalue weighted by molar-refractivity contribution is 9.11. The summed E-state index contributed by atoms with van der Waals surface area (Å²) in [6.07, 6.45) is 4.98. The highest BCUT2D eigenvalue weighted by Crippen LogP contribution is 2.17. The Morgan fingerprint density at radius 3 is 2.31 bits per heavy atom. The van der Waals surface area contributed by atoms with E-state index >= 15 is 0 Å². The van der Waals surface area contributed by atoms with Crippen molar-refractivity contribution in [1.82, 2.24) is 4.98 Å². The molecule has 72 valence electrons. The molecule has 0 aliphatic rings. The first-order valence-electron chi connectivity index (χ1n) is 4.54. The second kappa shape index (κ2) is 5.76. The van der Waals surface area contributed by atoms with Crippen LogP contribution in [0, 0.1) is 0 Å². The van der Waals surface area contributed by atoms with E-state index < -0.39 is 0 Å². The second-order valence-corrected chi connectivity index (χ2v) is 4.70. The lowest BCUT2D eigenvalue weighted by Gasteiger charge is -2.01. The molecule has 1 rings (SSSR count). The molecule has 0 aliphatic carbocycles. The molecular formula is C10H13Br2N. The lowest BCUT2D eigenvalue weighted by molar-refractivity contribution is 0.716. The fourth-order valence-electron chi connectivity index (χ4n) is 1.24. The third-order valence-corrected chi connectivity index (χ3v) is 2.70. The molecule has 1 heterocycles. The van der Waals surface area contributed by atoms with Crippen molar-refractivity contribution in [2.24, 2.45) is 0 Å². The number of hydrogen-bond donors (Lipinski definition) is 0. The summed E-state index contributed by atoms with van der Waals surface area (Å²) < 4.78 is 1.82. The van der Waals surface area contributed by atoms with Crippen LogP contribution in [-0.4, -0.2) is 4.98 Å². The van der Waals surface area contributed by atoms with Crippen LogP contribution >= 0.6 is 31.9 Å². The Labute approximate surface area is 96.2 Å². The zero-order valence-corrected chi connectivity index (χ0v) is 10.9. The minimum atomic E-state index is 0.911. The van der Waals surface area contributed by atoms with E-state index in [1.807, 2.05) is 0 Å². The van der Waals surface area contributed by atoms with Gasteiger partial charge in [0.15, 0.2) is 0 Å². The molecule has 0 unspecified atom stereocenters. The summed E-state index contributed by atoms with van der Waals surface area (Å²) in [7, 11) is 0. The number of aromatic nitrogens is 1. The molecule has 0 aromatic carbocycles. The van der Waals surface area contributed by atoms with Gasteiger partial charge in [0, 0.05) is 0 Å². The summed E-state index contributed by atoms with van der Waals surface area (Å²) in [6, 6.07) is 4.17. The molecule has 0 amide bonds. The lowest BCUT2D eigenvalue weighted by atomic mass is 10.1. The molecule has 0 fully saturated rings. The Hall–Kier alpha value is 0.110. The number of rotatable bonds is 4. The molecule has 1 nitrogen and oxygen atoms in total. The average molecular weight is 307 g/mol. The zero-order chi connectivity index (χ0) is 9.68. The van der Waals surface area contributed by atoms with Gasteiger partial charge in [0.1, 0.15) is 9.21 Å². The number of unbranched alkanes of at least 4 members (excludes halogenated alkanes) is 2. The summed E-state index contributed by atoms with van der Waals surface area (Å²) in [5, 5.41) is 0. The summed E-state index contributed by atoms with van der Waals surface area (Å²) in [4.78, 5) is 4.20. The number of aryl methyl sites for hydroxylation is 1. The Morgan fingerprint density at radius 1 is 1.15 bits per heavy atom. The Kier molecular flexibility index (Phi) is 4.96. The number of nitrogens with zero attached hydrogens (tertiary/aromatic N) is 1. The fourth-order valence-corrected chi connectivity index (χ4v) is 2.45. The zero-order valence-electron chi connectivity index (χ0n) is 7.69. The topological polar surface area (TPSA) is 12.9 Å². The van der Waals surface area contributed by atoms with Crippen molar-refractivity contribution in [2.75, 3.05) is 0 Å². The average Bonchev–Trinajstić information content (AvgIpc) is 2.03. The van der Waals surface area contributed by atoms with Crippen molar-refractivity contribution >= 4 is 31.9 Å². The van der Waals surface area contributed by atoms with Crippen molar-refractivity contribution in [2.45, 2.75) is 32.6 Å².